The van der Waals surface area contributed by atoms with Crippen LogP contribution in [0.5, 0.6) is 0 Å². The summed E-state index contributed by atoms with van der Waals surface area (Å²) < 4.78 is 0. The van der Waals surface area contributed by atoms with Gasteiger partial charge in [-0.3, -0.25) is 9.59 Å². The van der Waals surface area contributed by atoms with Crippen LogP contribution in [0.25, 0.3) is 43.5 Å². The van der Waals surface area contributed by atoms with Crippen molar-refractivity contribution >= 4 is 61.3 Å². The van der Waals surface area contributed by atoms with Crippen LogP contribution in [0.1, 0.15) is 145 Å². The van der Waals surface area contributed by atoms with Crippen LogP contribution < -0.4 is 15.5 Å². The zero-order valence-electron chi connectivity index (χ0n) is 38.0. The normalized spacial score (nSPS) is 19.6. The molecule has 2 N–H and O–H groups in total. The maximum atomic E-state index is 14.7. The molecule has 0 aromatic heterocycles. The van der Waals surface area contributed by atoms with E-state index in [1.54, 1.807) is 30.3 Å². The summed E-state index contributed by atoms with van der Waals surface area (Å²) in [6.07, 6.45) is 4.05. The van der Waals surface area contributed by atoms with E-state index >= 15 is 0 Å². The minimum absolute atomic E-state index is 0.00311. The third-order valence-corrected chi connectivity index (χ3v) is 13.5. The average Bonchev–Trinajstić information content (AvgIpc) is 3.19. The number of hydroxylamine groups is 7. The number of amides is 1. The largest absolute Gasteiger partial charge is 0.785 e. The summed E-state index contributed by atoms with van der Waals surface area (Å²) >= 11 is 0. The van der Waals surface area contributed by atoms with Gasteiger partial charge >= 0.3 is 0 Å². The fourth-order valence-corrected chi connectivity index (χ4v) is 10.8. The van der Waals surface area contributed by atoms with Gasteiger partial charge in [0, 0.05) is 45.5 Å². The molecule has 1 unspecified atom stereocenters. The Hall–Kier alpha value is -4.52. The molecule has 7 rings (SSSR count). The van der Waals surface area contributed by atoms with Gasteiger partial charge in [-0.05, 0) is 185 Å². The molecular formula is C51H62N4O6-2. The van der Waals surface area contributed by atoms with Gasteiger partial charge in [-0.2, -0.15) is 10.1 Å². The van der Waals surface area contributed by atoms with Gasteiger partial charge in [-0.15, -0.1) is 0 Å². The lowest BCUT2D eigenvalue weighted by atomic mass is 9.75. The highest BCUT2D eigenvalue weighted by Crippen LogP contribution is 2.43. The van der Waals surface area contributed by atoms with Crippen LogP contribution in [0, 0.1) is 17.3 Å². The van der Waals surface area contributed by atoms with Crippen molar-refractivity contribution in [2.24, 2.45) is 0 Å². The van der Waals surface area contributed by atoms with Crippen molar-refractivity contribution in [2.75, 3.05) is 12.1 Å². The second kappa shape index (κ2) is 15.7. The van der Waals surface area contributed by atoms with Gasteiger partial charge in [0.2, 0.25) is 5.91 Å². The summed E-state index contributed by atoms with van der Waals surface area (Å²) in [4.78, 5) is 26.9. The van der Waals surface area contributed by atoms with E-state index in [4.69, 9.17) is 0 Å². The Bertz CT molecular complexity index is 2690. The predicted octanol–water partition coefficient (Wildman–Crippen LogP) is 10.2. The van der Waals surface area contributed by atoms with Crippen molar-refractivity contribution in [3.8, 4) is 0 Å². The number of fused-ring (bicyclic) bond motifs is 3. The molecule has 5 aromatic carbocycles. The molecular weight excluding hydrogens is 765 g/mol. The maximum Gasteiger partial charge on any atom is 0.248 e. The lowest BCUT2D eigenvalue weighted by Gasteiger charge is -2.50. The van der Waals surface area contributed by atoms with Gasteiger partial charge in [0.1, 0.15) is 0 Å². The summed E-state index contributed by atoms with van der Waals surface area (Å²) in [7, 11) is 1.40. The van der Waals surface area contributed by atoms with E-state index < -0.39 is 28.1 Å². The molecule has 5 aromatic rings. The molecule has 10 nitrogen and oxygen atoms in total. The first-order valence-corrected chi connectivity index (χ1v) is 21.6. The Morgan fingerprint density at radius 1 is 0.738 bits per heavy atom. The van der Waals surface area contributed by atoms with Gasteiger partial charge in [0.05, 0.1) is 0 Å². The lowest BCUT2D eigenvalue weighted by molar-refractivity contribution is -0.228. The highest BCUT2D eigenvalue weighted by molar-refractivity contribution is 6.18. The first-order chi connectivity index (χ1) is 28.4. The second-order valence-corrected chi connectivity index (χ2v) is 20.4. The lowest BCUT2D eigenvalue weighted by Crippen LogP contribution is -2.57. The van der Waals surface area contributed by atoms with Crippen molar-refractivity contribution in [3.63, 3.8) is 0 Å². The first-order valence-electron chi connectivity index (χ1n) is 21.6. The Balaban J connectivity index is 1.59. The summed E-state index contributed by atoms with van der Waals surface area (Å²) in [5, 5.41) is 60.9. The molecule has 0 aliphatic carbocycles. The number of benzene rings is 5. The minimum atomic E-state index is -0.782. The molecule has 10 heteroatoms. The molecule has 0 bridgehead atoms. The monoisotopic (exact) mass is 826 g/mol. The topological polar surface area (TPSA) is 134 Å². The number of hydrogen-bond donors (Lipinski definition) is 2. The molecule has 1 atom stereocenters. The fraction of sp³-hybridized carbons (Fsp3) is 0.451. The van der Waals surface area contributed by atoms with Crippen molar-refractivity contribution in [1.82, 2.24) is 15.2 Å². The van der Waals surface area contributed by atoms with E-state index in [-0.39, 0.29) is 17.8 Å². The maximum absolute atomic E-state index is 14.7. The summed E-state index contributed by atoms with van der Waals surface area (Å²) in [6.45, 7) is 22.7. The first kappa shape index (κ1) is 44.5. The number of carbonyl (C=O) groups is 2. The number of nitrogens with zero attached hydrogens (tertiary/aromatic N) is 4. The van der Waals surface area contributed by atoms with Crippen molar-refractivity contribution in [3.05, 3.63) is 109 Å². The SMILES string of the molecule is CCC(C)c1ccc2c(=C3CC(C)(C)N(O)C(C)(C)C3)c3cc(N([O-])C(=O)c4ccc(CN(C)[O-])c5c(C=O)ccc(C)c45)ccc3c(=C3CC(C)(C)N(O)C(C)(C)C3)c2c1. The summed E-state index contributed by atoms with van der Waals surface area (Å²) in [6, 6.07) is 19.0. The third-order valence-electron chi connectivity index (χ3n) is 13.5. The van der Waals surface area contributed by atoms with E-state index in [1.165, 1.54) is 28.3 Å². The molecule has 324 valence electrons. The van der Waals surface area contributed by atoms with Gasteiger partial charge < -0.3 is 31.0 Å². The minimum Gasteiger partial charge on any atom is -0.785 e. The highest BCUT2D eigenvalue weighted by Gasteiger charge is 2.45. The smallest absolute Gasteiger partial charge is 0.248 e. The number of rotatable bonds is 7. The van der Waals surface area contributed by atoms with Crippen molar-refractivity contribution < 1.29 is 20.0 Å². The van der Waals surface area contributed by atoms with Crippen LogP contribution >= 0.6 is 0 Å². The van der Waals surface area contributed by atoms with Gasteiger partial charge in [0.25, 0.3) is 0 Å². The average molecular weight is 827 g/mol. The molecule has 2 aliphatic heterocycles. The molecule has 2 saturated heterocycles. The molecule has 2 aliphatic rings. The van der Waals surface area contributed by atoms with Gasteiger partial charge in [0.15, 0.2) is 6.29 Å². The molecule has 2 fully saturated rings. The highest BCUT2D eigenvalue weighted by atomic mass is 16.5. The van der Waals surface area contributed by atoms with E-state index in [0.29, 0.717) is 70.4 Å². The van der Waals surface area contributed by atoms with E-state index in [9.17, 15) is 30.4 Å². The molecule has 0 saturated carbocycles. The number of anilines is 1. The van der Waals surface area contributed by atoms with Crippen molar-refractivity contribution in [2.45, 2.75) is 143 Å². The third kappa shape index (κ3) is 7.71. The van der Waals surface area contributed by atoms with Crippen molar-refractivity contribution in [1.29, 1.82) is 0 Å². The predicted molar refractivity (Wildman–Crippen MR) is 247 cm³/mol. The van der Waals surface area contributed by atoms with Crippen LogP contribution in [0.2, 0.25) is 0 Å². The second-order valence-electron chi connectivity index (χ2n) is 20.4. The van der Waals surface area contributed by atoms with Gasteiger partial charge in [-0.1, -0.05) is 67.5 Å². The van der Waals surface area contributed by atoms with E-state index in [0.717, 1.165) is 49.0 Å². The van der Waals surface area contributed by atoms with Crippen LogP contribution in [-0.4, -0.2) is 67.0 Å². The zero-order valence-corrected chi connectivity index (χ0v) is 38.0. The number of piperidine rings is 2. The van der Waals surface area contributed by atoms with Crippen LogP contribution in [0.4, 0.5) is 5.69 Å². The number of carbonyl (C=O) groups excluding carboxylic acids is 2. The molecule has 2 heterocycles. The molecule has 1 amide bonds. The van der Waals surface area contributed by atoms with Crippen LogP contribution in [0.3, 0.4) is 0 Å². The van der Waals surface area contributed by atoms with E-state index in [2.05, 4.69) is 59.7 Å². The molecule has 0 spiro atoms. The zero-order chi connectivity index (χ0) is 44.7. The van der Waals surface area contributed by atoms with Gasteiger partial charge in [-0.25, -0.2) is 0 Å². The number of aldehydes is 1. The number of hydrogen-bond acceptors (Lipinski definition) is 9. The summed E-state index contributed by atoms with van der Waals surface area (Å²) in [5.41, 5.74) is 3.18. The molecule has 61 heavy (non-hydrogen) atoms. The Labute approximate surface area is 359 Å². The summed E-state index contributed by atoms with van der Waals surface area (Å²) in [5.74, 6) is -0.466. The quantitative estimate of drug-likeness (QED) is 0.0934. The fourth-order valence-electron chi connectivity index (χ4n) is 10.8. The van der Waals surface area contributed by atoms with Crippen LogP contribution in [0.15, 0.2) is 60.7 Å². The Kier molecular flexibility index (Phi) is 11.4. The van der Waals surface area contributed by atoms with Crippen LogP contribution in [-0.2, 0) is 6.54 Å². The molecule has 0 radical (unpaired) electrons. The number of aryl methyl sites for hydroxylation is 1. The Morgan fingerprint density at radius 3 is 1.74 bits per heavy atom. The Morgan fingerprint density at radius 2 is 1.25 bits per heavy atom. The standard InChI is InChI=1S/C51H62N4O6/c1-13-30(2)32-16-19-38-41(22-32)45(35-24-48(4,5)54(60)49(6,7)25-35)39-21-18-37(23-42(39)46(38)36-26-50(8,9)55(61)51(10,11)27-36)53(59)47(57)40-20-17-33(28-52(12)58)44-34(29-56)15-14-31(3)43(40)44/h14-23,29-30,60-61H,13,24-28H2,1-12H3/q-2. The van der Waals surface area contributed by atoms with E-state index in [1.807, 2.05) is 46.8 Å².